The van der Waals surface area contributed by atoms with Gasteiger partial charge in [0.1, 0.15) is 0 Å². The topological polar surface area (TPSA) is 96.4 Å². The van der Waals surface area contributed by atoms with Crippen molar-refractivity contribution in [1.82, 2.24) is 0 Å². The van der Waals surface area contributed by atoms with E-state index in [0.717, 1.165) is 0 Å². The zero-order valence-electron chi connectivity index (χ0n) is 9.83. The molecule has 0 aromatic heterocycles. The lowest BCUT2D eigenvalue weighted by molar-refractivity contribution is -0.386. The van der Waals surface area contributed by atoms with Crippen LogP contribution in [0.3, 0.4) is 0 Å². The molecule has 96 valence electrons. The van der Waals surface area contributed by atoms with Crippen LogP contribution < -0.4 is 4.74 Å². The van der Waals surface area contributed by atoms with Crippen LogP contribution in [-0.4, -0.2) is 16.6 Å². The molecule has 0 aliphatic heterocycles. The number of aliphatic hydroxyl groups is 1. The van der Waals surface area contributed by atoms with E-state index in [1.165, 1.54) is 12.1 Å². The molecule has 0 spiro atoms. The average Bonchev–Trinajstić information content (AvgIpc) is 2.38. The van der Waals surface area contributed by atoms with Gasteiger partial charge >= 0.3 is 5.69 Å². The molecule has 0 heterocycles. The first-order chi connectivity index (χ1) is 8.69. The fraction of sp³-hybridized carbons (Fsp3) is 0.417. The van der Waals surface area contributed by atoms with Crippen molar-refractivity contribution in [2.24, 2.45) is 0 Å². The molecular formula is C12H14N2O4. The summed E-state index contributed by atoms with van der Waals surface area (Å²) in [6, 6.07) is 6.38. The van der Waals surface area contributed by atoms with Crippen LogP contribution in [-0.2, 0) is 6.61 Å². The molecule has 0 aliphatic rings. The summed E-state index contributed by atoms with van der Waals surface area (Å²) in [4.78, 5) is 10.3. The Kier molecular flexibility index (Phi) is 5.61. The number of nitrogens with zero attached hydrogens (tertiary/aromatic N) is 2. The molecule has 0 amide bonds. The molecule has 1 N–H and O–H groups in total. The molecule has 1 aromatic carbocycles. The van der Waals surface area contributed by atoms with Crippen LogP contribution >= 0.6 is 0 Å². The highest BCUT2D eigenvalue weighted by Gasteiger charge is 2.15. The van der Waals surface area contributed by atoms with Crippen LogP contribution in [0.4, 0.5) is 5.69 Å². The quantitative estimate of drug-likeness (QED) is 0.454. The second kappa shape index (κ2) is 7.25. The Morgan fingerprint density at radius 1 is 1.44 bits per heavy atom. The molecule has 1 rings (SSSR count). The molecule has 6 heteroatoms. The van der Waals surface area contributed by atoms with Gasteiger partial charge < -0.3 is 9.84 Å². The highest BCUT2D eigenvalue weighted by atomic mass is 16.6. The van der Waals surface area contributed by atoms with Crippen LogP contribution in [0, 0.1) is 21.4 Å². The molecule has 0 fully saturated rings. The summed E-state index contributed by atoms with van der Waals surface area (Å²) < 4.78 is 5.31. The van der Waals surface area contributed by atoms with Gasteiger partial charge in [-0.25, -0.2) is 0 Å². The number of benzene rings is 1. The average molecular weight is 250 g/mol. The highest BCUT2D eigenvalue weighted by molar-refractivity contribution is 5.48. The molecule has 0 saturated heterocycles. The summed E-state index contributed by atoms with van der Waals surface area (Å²) in [5.74, 6) is 0.189. The molecule has 0 unspecified atom stereocenters. The van der Waals surface area contributed by atoms with Crippen molar-refractivity contribution in [3.63, 3.8) is 0 Å². The van der Waals surface area contributed by atoms with E-state index in [1.54, 1.807) is 6.07 Å². The van der Waals surface area contributed by atoms with E-state index in [0.29, 0.717) is 31.4 Å². The molecule has 0 saturated carbocycles. The maximum Gasteiger partial charge on any atom is 0.311 e. The molecular weight excluding hydrogens is 236 g/mol. The van der Waals surface area contributed by atoms with E-state index in [9.17, 15) is 10.1 Å². The van der Waals surface area contributed by atoms with Crippen molar-refractivity contribution in [2.75, 3.05) is 6.61 Å². The third-order valence-corrected chi connectivity index (χ3v) is 2.34. The monoisotopic (exact) mass is 250 g/mol. The first-order valence-corrected chi connectivity index (χ1v) is 5.57. The fourth-order valence-electron chi connectivity index (χ4n) is 1.41. The van der Waals surface area contributed by atoms with Crippen LogP contribution in [0.5, 0.6) is 5.75 Å². The fourth-order valence-corrected chi connectivity index (χ4v) is 1.41. The number of hydrogen-bond donors (Lipinski definition) is 1. The third kappa shape index (κ3) is 4.03. The number of ether oxygens (including phenoxy) is 1. The number of rotatable bonds is 7. The second-order valence-corrected chi connectivity index (χ2v) is 3.68. The van der Waals surface area contributed by atoms with Gasteiger partial charge in [0.2, 0.25) is 0 Å². The lowest BCUT2D eigenvalue weighted by atomic mass is 10.2. The predicted octanol–water partition coefficient (Wildman–Crippen LogP) is 2.16. The summed E-state index contributed by atoms with van der Waals surface area (Å²) in [6.07, 6.45) is 1.83. The van der Waals surface area contributed by atoms with Gasteiger partial charge in [0.25, 0.3) is 0 Å². The maximum absolute atomic E-state index is 10.8. The van der Waals surface area contributed by atoms with Crippen molar-refractivity contribution >= 4 is 5.69 Å². The lowest BCUT2D eigenvalue weighted by Crippen LogP contribution is -2.01. The minimum atomic E-state index is -0.538. The Morgan fingerprint density at radius 2 is 2.22 bits per heavy atom. The molecule has 6 nitrogen and oxygen atoms in total. The normalized spacial score (nSPS) is 9.78. The van der Waals surface area contributed by atoms with Crippen LogP contribution in [0.2, 0.25) is 0 Å². The summed E-state index contributed by atoms with van der Waals surface area (Å²) in [5.41, 5.74) is 0.320. The molecule has 18 heavy (non-hydrogen) atoms. The lowest BCUT2D eigenvalue weighted by Gasteiger charge is -2.07. The molecule has 0 atom stereocenters. The second-order valence-electron chi connectivity index (χ2n) is 3.68. The van der Waals surface area contributed by atoms with Crippen LogP contribution in [0.15, 0.2) is 18.2 Å². The van der Waals surface area contributed by atoms with Gasteiger partial charge in [0.05, 0.1) is 24.2 Å². The molecule has 0 bridgehead atoms. The minimum absolute atomic E-state index is 0.151. The van der Waals surface area contributed by atoms with E-state index < -0.39 is 4.92 Å². The van der Waals surface area contributed by atoms with Gasteiger partial charge in [-0.15, -0.1) is 0 Å². The Morgan fingerprint density at radius 3 is 2.83 bits per heavy atom. The van der Waals surface area contributed by atoms with Crippen LogP contribution in [0.1, 0.15) is 24.8 Å². The first kappa shape index (κ1) is 13.9. The van der Waals surface area contributed by atoms with Crippen molar-refractivity contribution in [3.8, 4) is 11.8 Å². The van der Waals surface area contributed by atoms with Gasteiger partial charge in [-0.3, -0.25) is 10.1 Å². The first-order valence-electron chi connectivity index (χ1n) is 5.57. The van der Waals surface area contributed by atoms with Gasteiger partial charge in [-0.1, -0.05) is 6.07 Å². The number of nitriles is 1. The van der Waals surface area contributed by atoms with Gasteiger partial charge in [-0.05, 0) is 24.5 Å². The van der Waals surface area contributed by atoms with E-state index in [-0.39, 0.29) is 18.0 Å². The van der Waals surface area contributed by atoms with Gasteiger partial charge in [0.15, 0.2) is 5.75 Å². The smallest absolute Gasteiger partial charge is 0.311 e. The summed E-state index contributed by atoms with van der Waals surface area (Å²) >= 11 is 0. The number of hydrogen-bond acceptors (Lipinski definition) is 5. The summed E-state index contributed by atoms with van der Waals surface area (Å²) in [6.45, 7) is 0.0876. The number of nitro benzene ring substituents is 1. The standard InChI is InChI=1S/C12H14N2O4/c13-6-2-1-3-7-18-12-5-4-10(9-15)8-11(12)14(16)17/h4-5,8,15H,1-3,7,9H2. The Labute approximate surface area is 105 Å². The number of nitro groups is 1. The van der Waals surface area contributed by atoms with Crippen molar-refractivity contribution in [2.45, 2.75) is 25.9 Å². The Bertz CT molecular complexity index is 454. The number of aliphatic hydroxyl groups excluding tert-OH is 1. The van der Waals surface area contributed by atoms with Crippen molar-refractivity contribution in [3.05, 3.63) is 33.9 Å². The Balaban J connectivity index is 2.64. The molecule has 0 aliphatic carbocycles. The zero-order valence-corrected chi connectivity index (χ0v) is 9.83. The van der Waals surface area contributed by atoms with Crippen molar-refractivity contribution < 1.29 is 14.8 Å². The highest BCUT2D eigenvalue weighted by Crippen LogP contribution is 2.28. The third-order valence-electron chi connectivity index (χ3n) is 2.34. The largest absolute Gasteiger partial charge is 0.487 e. The summed E-state index contributed by atoms with van der Waals surface area (Å²) in [5, 5.41) is 28.1. The van der Waals surface area contributed by atoms with Crippen molar-refractivity contribution in [1.29, 1.82) is 5.26 Å². The molecule has 0 radical (unpaired) electrons. The van der Waals surface area contributed by atoms with Gasteiger partial charge in [0, 0.05) is 12.5 Å². The van der Waals surface area contributed by atoms with E-state index >= 15 is 0 Å². The molecule has 1 aromatic rings. The zero-order chi connectivity index (χ0) is 13.4. The SMILES string of the molecule is N#CCCCCOc1ccc(CO)cc1[N+](=O)[O-]. The Hall–Kier alpha value is -2.13. The van der Waals surface area contributed by atoms with Gasteiger partial charge in [-0.2, -0.15) is 5.26 Å². The number of unbranched alkanes of at least 4 members (excludes halogenated alkanes) is 2. The summed E-state index contributed by atoms with van der Waals surface area (Å²) in [7, 11) is 0. The predicted molar refractivity (Wildman–Crippen MR) is 64.0 cm³/mol. The van der Waals surface area contributed by atoms with Crippen LogP contribution in [0.25, 0.3) is 0 Å². The minimum Gasteiger partial charge on any atom is -0.487 e. The van der Waals surface area contributed by atoms with E-state index in [1.807, 2.05) is 6.07 Å². The van der Waals surface area contributed by atoms with E-state index in [2.05, 4.69) is 0 Å². The van der Waals surface area contributed by atoms with E-state index in [4.69, 9.17) is 15.1 Å². The maximum atomic E-state index is 10.8.